The van der Waals surface area contributed by atoms with E-state index in [4.69, 9.17) is 20.3 Å². The number of nitrogens with one attached hydrogen (secondary N) is 3. The second-order valence-electron chi connectivity index (χ2n) is 16.0. The molecule has 0 saturated carbocycles. The Morgan fingerprint density at radius 2 is 1.74 bits per heavy atom. The van der Waals surface area contributed by atoms with Crippen molar-refractivity contribution in [1.82, 2.24) is 45.1 Å². The molecule has 6 amide bonds. The number of likely N-dealkylation sites (tertiary alicyclic amines) is 1. The summed E-state index contributed by atoms with van der Waals surface area (Å²) < 4.78 is 13.6. The first kappa shape index (κ1) is 44.1. The molecule has 19 nitrogen and oxygen atoms in total. The van der Waals surface area contributed by atoms with Crippen molar-refractivity contribution in [3.63, 3.8) is 0 Å². The highest BCUT2D eigenvalue weighted by Gasteiger charge is 2.44. The predicted octanol–water partition coefficient (Wildman–Crippen LogP) is 3.17. The summed E-state index contributed by atoms with van der Waals surface area (Å²) in [6, 6.07) is 20.6. The molecule has 2 aromatic heterocycles. The molecule has 336 valence electrons. The summed E-state index contributed by atoms with van der Waals surface area (Å²) in [5.74, 6) is -0.972. The zero-order chi connectivity index (χ0) is 45.5. The van der Waals surface area contributed by atoms with Crippen molar-refractivity contribution in [3.8, 4) is 22.8 Å². The number of fused-ring (bicyclic) bond motifs is 2. The normalized spacial score (nSPS) is 17.5. The number of carbonyl (C=O) groups excluding carboxylic acids is 6. The average Bonchev–Trinajstić information content (AvgIpc) is 3.82. The molecule has 19 heteroatoms. The van der Waals surface area contributed by atoms with Crippen LogP contribution in [0.3, 0.4) is 0 Å². The summed E-state index contributed by atoms with van der Waals surface area (Å²) in [7, 11) is 1.93. The van der Waals surface area contributed by atoms with Gasteiger partial charge in [-0.1, -0.05) is 24.3 Å². The Balaban J connectivity index is 0.743. The molecular weight excluding hydrogens is 835 g/mol. The van der Waals surface area contributed by atoms with Gasteiger partial charge in [0.25, 0.3) is 11.8 Å². The van der Waals surface area contributed by atoms with Crippen molar-refractivity contribution in [1.29, 1.82) is 0 Å². The number of rotatable bonds is 17. The van der Waals surface area contributed by atoms with Crippen LogP contribution in [-0.4, -0.2) is 135 Å². The number of nitrogens with zero attached hydrogens (tertiary/aromatic N) is 7. The van der Waals surface area contributed by atoms with Crippen LogP contribution in [0, 0.1) is 0 Å². The van der Waals surface area contributed by atoms with Gasteiger partial charge in [0.2, 0.25) is 23.6 Å². The fourth-order valence-electron chi connectivity index (χ4n) is 8.05. The van der Waals surface area contributed by atoms with E-state index >= 15 is 0 Å². The Labute approximate surface area is 373 Å². The Hall–Kier alpha value is -7.51. The summed E-state index contributed by atoms with van der Waals surface area (Å²) in [6.45, 7) is 3.12. The molecule has 65 heavy (non-hydrogen) atoms. The fourth-order valence-corrected chi connectivity index (χ4v) is 8.05. The highest BCUT2D eigenvalue weighted by molar-refractivity contribution is 6.23. The van der Waals surface area contributed by atoms with Gasteiger partial charge in [-0.2, -0.15) is 5.10 Å². The summed E-state index contributed by atoms with van der Waals surface area (Å²) in [5, 5.41) is 13.6. The van der Waals surface area contributed by atoms with Crippen molar-refractivity contribution in [3.05, 3.63) is 102 Å². The third kappa shape index (κ3) is 10.2. The number of imide groups is 2. The molecule has 8 rings (SSSR count). The molecule has 2 unspecified atom stereocenters. The van der Waals surface area contributed by atoms with Crippen LogP contribution in [0.15, 0.2) is 91.3 Å². The zero-order valence-corrected chi connectivity index (χ0v) is 35.8. The van der Waals surface area contributed by atoms with E-state index in [1.165, 1.54) is 18.5 Å². The van der Waals surface area contributed by atoms with Gasteiger partial charge in [0.1, 0.15) is 35.4 Å². The van der Waals surface area contributed by atoms with Crippen molar-refractivity contribution in [2.75, 3.05) is 70.6 Å². The summed E-state index contributed by atoms with van der Waals surface area (Å²) in [6.07, 6.45) is 6.59. The molecule has 0 radical (unpaired) electrons. The first-order valence-corrected chi connectivity index (χ1v) is 21.4. The van der Waals surface area contributed by atoms with Gasteiger partial charge in [0.05, 0.1) is 42.3 Å². The number of likely N-dealkylation sites (N-methyl/N-ethyl adjacent to an activating group) is 1. The van der Waals surface area contributed by atoms with E-state index < -0.39 is 29.7 Å². The maximum Gasteiger partial charge on any atom is 0.262 e. The molecular formula is C46H49N11O8. The van der Waals surface area contributed by atoms with Crippen LogP contribution >= 0.6 is 0 Å². The third-order valence-corrected chi connectivity index (χ3v) is 11.4. The minimum absolute atomic E-state index is 0.0325. The van der Waals surface area contributed by atoms with Crippen LogP contribution in [-0.2, 0) is 23.9 Å². The van der Waals surface area contributed by atoms with E-state index in [9.17, 15) is 28.8 Å². The maximum atomic E-state index is 13.4. The number of nitrogens with two attached hydrogens (primary N) is 1. The van der Waals surface area contributed by atoms with Gasteiger partial charge in [-0.3, -0.25) is 39.0 Å². The van der Waals surface area contributed by atoms with Crippen LogP contribution in [0.5, 0.6) is 11.5 Å². The molecule has 2 atom stereocenters. The highest BCUT2D eigenvalue weighted by atomic mass is 16.5. The van der Waals surface area contributed by atoms with E-state index in [-0.39, 0.29) is 61.5 Å². The highest BCUT2D eigenvalue weighted by Crippen LogP contribution is 2.35. The van der Waals surface area contributed by atoms with Crippen molar-refractivity contribution in [2.45, 2.75) is 37.8 Å². The number of para-hydroxylation sites is 1. The lowest BCUT2D eigenvalue weighted by atomic mass is 10.0. The van der Waals surface area contributed by atoms with Crippen LogP contribution < -0.4 is 26.4 Å². The van der Waals surface area contributed by atoms with Crippen LogP contribution in [0.2, 0.25) is 0 Å². The topological polar surface area (TPSA) is 236 Å². The number of hydrogen-bond acceptors (Lipinski definition) is 14. The van der Waals surface area contributed by atoms with Gasteiger partial charge >= 0.3 is 0 Å². The number of aromatic nitrogens is 4. The number of piperidine rings is 2. The number of hydrogen-bond donors (Lipinski definition) is 4. The van der Waals surface area contributed by atoms with E-state index in [1.54, 1.807) is 12.1 Å². The first-order chi connectivity index (χ1) is 31.5. The molecule has 0 spiro atoms. The van der Waals surface area contributed by atoms with Gasteiger partial charge in [0.15, 0.2) is 5.65 Å². The van der Waals surface area contributed by atoms with Crippen LogP contribution in [0.25, 0.3) is 22.3 Å². The quantitative estimate of drug-likeness (QED) is 0.0597. The van der Waals surface area contributed by atoms with E-state index in [1.807, 2.05) is 82.2 Å². The lowest BCUT2D eigenvalue weighted by Gasteiger charge is -2.32. The average molecular weight is 884 g/mol. The number of carbonyl (C=O) groups is 6. The van der Waals surface area contributed by atoms with Crippen LogP contribution in [0.4, 0.5) is 11.5 Å². The molecule has 0 aliphatic carbocycles. The monoisotopic (exact) mass is 883 g/mol. The third-order valence-electron chi connectivity index (χ3n) is 11.4. The minimum atomic E-state index is -1.05. The maximum absolute atomic E-state index is 13.4. The Bertz CT molecular complexity index is 2630. The molecule has 5 heterocycles. The van der Waals surface area contributed by atoms with Crippen molar-refractivity contribution >= 4 is 58.0 Å². The molecule has 5 aromatic rings. The van der Waals surface area contributed by atoms with Gasteiger partial charge in [0, 0.05) is 56.5 Å². The second kappa shape index (κ2) is 19.9. The second-order valence-corrected chi connectivity index (χ2v) is 16.0. The van der Waals surface area contributed by atoms with E-state index in [0.717, 1.165) is 29.1 Å². The lowest BCUT2D eigenvalue weighted by molar-refractivity contribution is -0.136. The van der Waals surface area contributed by atoms with Gasteiger partial charge < -0.3 is 35.6 Å². The number of anilines is 2. The number of benzene rings is 3. The summed E-state index contributed by atoms with van der Waals surface area (Å²) in [5.41, 5.74) is 9.24. The van der Waals surface area contributed by atoms with E-state index in [2.05, 4.69) is 25.9 Å². The Kier molecular flexibility index (Phi) is 13.5. The van der Waals surface area contributed by atoms with Gasteiger partial charge in [-0.05, 0) is 80.9 Å². The molecule has 0 bridgehead atoms. The first-order valence-electron chi connectivity index (χ1n) is 21.4. The SMILES string of the molecule is CN(CC=CC(=O)N1CCCC(n2nc(-c3ccc(Oc4ccccc4)cc3)c3c(N)ncnc32)C1)CCOCCNC(=O)CNc1ccc2c(c1)C(=O)N(C1CCC(=O)NC1=O)C2=O. The van der Waals surface area contributed by atoms with Gasteiger partial charge in [-0.15, -0.1) is 0 Å². The Morgan fingerprint density at radius 1 is 0.954 bits per heavy atom. The molecule has 3 aliphatic rings. The molecule has 3 aromatic carbocycles. The molecule has 3 aliphatic heterocycles. The van der Waals surface area contributed by atoms with Gasteiger partial charge in [-0.25, -0.2) is 14.6 Å². The fraction of sp³-hybridized carbons (Fsp3) is 0.326. The Morgan fingerprint density at radius 3 is 2.54 bits per heavy atom. The van der Waals surface area contributed by atoms with Crippen LogP contribution in [0.1, 0.15) is 52.4 Å². The lowest BCUT2D eigenvalue weighted by Crippen LogP contribution is -2.54. The standard InChI is InChI=1S/C46H49N11O8/c1-54(22-24-64-23-19-48-38(59)26-49-30-13-16-34-35(25-30)46(63)56(45(34)62)36-17-18-37(58)52-44(36)61)20-6-10-39(60)55-21-5-7-31(27-55)57-43-40(42(47)50-28-51-43)41(53-57)29-11-14-33(15-12-29)65-32-8-3-2-4-9-32/h2-4,6,8-16,25,28,31,36,49H,5,7,17-24,26-27H2,1H3,(H,48,59)(H2,47,50,51)(H,52,58,61). The predicted molar refractivity (Wildman–Crippen MR) is 239 cm³/mol. The smallest absolute Gasteiger partial charge is 0.262 e. The minimum Gasteiger partial charge on any atom is -0.457 e. The van der Waals surface area contributed by atoms with Crippen molar-refractivity contribution in [2.24, 2.45) is 0 Å². The van der Waals surface area contributed by atoms with E-state index in [0.29, 0.717) is 66.8 Å². The number of ether oxygens (including phenoxy) is 2. The number of nitrogen functional groups attached to an aromatic ring is 1. The molecule has 2 fully saturated rings. The summed E-state index contributed by atoms with van der Waals surface area (Å²) in [4.78, 5) is 89.3. The molecule has 2 saturated heterocycles. The zero-order valence-electron chi connectivity index (χ0n) is 35.8. The summed E-state index contributed by atoms with van der Waals surface area (Å²) >= 11 is 0. The number of amides is 6. The largest absolute Gasteiger partial charge is 0.457 e. The molecule has 5 N–H and O–H groups in total. The van der Waals surface area contributed by atoms with Crippen molar-refractivity contribution < 1.29 is 38.2 Å².